The molecule has 0 atom stereocenters. The Labute approximate surface area is 104 Å². The number of nitrogens with zero attached hydrogens (tertiary/aromatic N) is 1. The van der Waals surface area contributed by atoms with E-state index in [1.807, 2.05) is 12.1 Å². The Kier molecular flexibility index (Phi) is 3.19. The predicted molar refractivity (Wildman–Crippen MR) is 74.5 cm³/mol. The summed E-state index contributed by atoms with van der Waals surface area (Å²) in [5.41, 5.74) is 6.21. The molecule has 2 aromatic carbocycles. The summed E-state index contributed by atoms with van der Waals surface area (Å²) < 4.78 is 0. The van der Waals surface area contributed by atoms with Crippen LogP contribution in [-0.4, -0.2) is 14.1 Å². The van der Waals surface area contributed by atoms with Gasteiger partial charge in [-0.25, -0.2) is 0 Å². The molecule has 1 radical (unpaired) electrons. The first-order chi connectivity index (χ1) is 8.08. The highest BCUT2D eigenvalue weighted by Crippen LogP contribution is 2.30. The van der Waals surface area contributed by atoms with Crippen LogP contribution in [0.25, 0.3) is 11.1 Å². The van der Waals surface area contributed by atoms with E-state index >= 15 is 0 Å². The monoisotopic (exact) mass is 224 g/mol. The van der Waals surface area contributed by atoms with Gasteiger partial charge in [0.2, 0.25) is 0 Å². The fourth-order valence-electron chi connectivity index (χ4n) is 2.15. The van der Waals surface area contributed by atoms with E-state index in [-0.39, 0.29) is 0 Å². The number of anilines is 1. The molecule has 0 bridgehead atoms. The minimum absolute atomic E-state index is 1.17. The SMILES string of the molecule is Cc1cc(C)cc(-c2[c]cccc2N(C)C)c1. The Bertz CT molecular complexity index is 507. The smallest absolute Gasteiger partial charge is 0.0447 e. The van der Waals surface area contributed by atoms with E-state index in [0.717, 1.165) is 0 Å². The molecule has 0 amide bonds. The summed E-state index contributed by atoms with van der Waals surface area (Å²) in [6.45, 7) is 4.27. The summed E-state index contributed by atoms with van der Waals surface area (Å²) in [6, 6.07) is 16.1. The third kappa shape index (κ3) is 2.50. The van der Waals surface area contributed by atoms with E-state index in [2.05, 4.69) is 63.2 Å². The third-order valence-corrected chi connectivity index (χ3v) is 2.83. The zero-order chi connectivity index (χ0) is 12.4. The molecule has 2 aromatic rings. The van der Waals surface area contributed by atoms with Crippen molar-refractivity contribution in [1.82, 2.24) is 0 Å². The van der Waals surface area contributed by atoms with Crippen molar-refractivity contribution in [3.05, 3.63) is 53.6 Å². The van der Waals surface area contributed by atoms with Crippen molar-refractivity contribution in [2.45, 2.75) is 13.8 Å². The van der Waals surface area contributed by atoms with Gasteiger partial charge in [0.15, 0.2) is 0 Å². The van der Waals surface area contributed by atoms with E-state index in [1.54, 1.807) is 0 Å². The molecule has 0 aliphatic rings. The molecule has 87 valence electrons. The van der Waals surface area contributed by atoms with E-state index < -0.39 is 0 Å². The lowest BCUT2D eigenvalue weighted by Crippen LogP contribution is -2.09. The molecule has 0 saturated carbocycles. The van der Waals surface area contributed by atoms with Gasteiger partial charge in [-0.3, -0.25) is 0 Å². The molecule has 0 aliphatic carbocycles. The summed E-state index contributed by atoms with van der Waals surface area (Å²) in [5, 5.41) is 0. The van der Waals surface area contributed by atoms with E-state index in [4.69, 9.17) is 0 Å². The van der Waals surface area contributed by atoms with Crippen molar-refractivity contribution in [1.29, 1.82) is 0 Å². The van der Waals surface area contributed by atoms with Crippen molar-refractivity contribution < 1.29 is 0 Å². The lowest BCUT2D eigenvalue weighted by Gasteiger charge is -2.17. The topological polar surface area (TPSA) is 3.24 Å². The molecule has 0 heterocycles. The van der Waals surface area contributed by atoms with Crippen LogP contribution in [0.2, 0.25) is 0 Å². The Morgan fingerprint density at radius 1 is 1.00 bits per heavy atom. The molecular weight excluding hydrogens is 206 g/mol. The number of aryl methyl sites for hydroxylation is 2. The molecular formula is C16H18N. The molecule has 2 rings (SSSR count). The van der Waals surface area contributed by atoms with Gasteiger partial charge in [-0.05, 0) is 31.5 Å². The van der Waals surface area contributed by atoms with Gasteiger partial charge in [0.25, 0.3) is 0 Å². The molecule has 1 heteroatoms. The Morgan fingerprint density at radius 3 is 2.24 bits per heavy atom. The van der Waals surface area contributed by atoms with Gasteiger partial charge in [-0.2, -0.15) is 0 Å². The highest BCUT2D eigenvalue weighted by molar-refractivity contribution is 5.78. The van der Waals surface area contributed by atoms with Crippen LogP contribution < -0.4 is 4.90 Å². The maximum absolute atomic E-state index is 3.35. The summed E-state index contributed by atoms with van der Waals surface area (Å²) in [7, 11) is 4.13. The summed E-state index contributed by atoms with van der Waals surface area (Å²) in [4.78, 5) is 2.13. The second-order valence-corrected chi connectivity index (χ2v) is 4.70. The van der Waals surface area contributed by atoms with E-state index in [1.165, 1.54) is 27.9 Å². The van der Waals surface area contributed by atoms with Gasteiger partial charge in [0.05, 0.1) is 0 Å². The number of hydrogen-bond acceptors (Lipinski definition) is 1. The molecule has 0 aliphatic heterocycles. The highest BCUT2D eigenvalue weighted by Gasteiger charge is 2.07. The van der Waals surface area contributed by atoms with Gasteiger partial charge in [-0.1, -0.05) is 41.5 Å². The Morgan fingerprint density at radius 2 is 1.65 bits per heavy atom. The zero-order valence-corrected chi connectivity index (χ0v) is 10.9. The third-order valence-electron chi connectivity index (χ3n) is 2.83. The quantitative estimate of drug-likeness (QED) is 0.749. The molecule has 0 saturated heterocycles. The summed E-state index contributed by atoms with van der Waals surface area (Å²) >= 11 is 0. The van der Waals surface area contributed by atoms with Crippen LogP contribution in [-0.2, 0) is 0 Å². The van der Waals surface area contributed by atoms with Crippen LogP contribution in [0.1, 0.15) is 11.1 Å². The molecule has 0 aromatic heterocycles. The lowest BCUT2D eigenvalue weighted by atomic mass is 9.99. The minimum atomic E-state index is 1.17. The fraction of sp³-hybridized carbons (Fsp3) is 0.250. The number of benzene rings is 2. The number of rotatable bonds is 2. The normalized spacial score (nSPS) is 10.4. The second kappa shape index (κ2) is 4.62. The summed E-state index contributed by atoms with van der Waals surface area (Å²) in [5.74, 6) is 0. The average Bonchev–Trinajstić information content (AvgIpc) is 2.27. The second-order valence-electron chi connectivity index (χ2n) is 4.70. The molecule has 0 N–H and O–H groups in total. The van der Waals surface area contributed by atoms with Gasteiger partial charge in [0, 0.05) is 25.3 Å². The first-order valence-electron chi connectivity index (χ1n) is 5.84. The summed E-state index contributed by atoms with van der Waals surface area (Å²) in [6.07, 6.45) is 0. The molecule has 1 nitrogen and oxygen atoms in total. The van der Waals surface area contributed by atoms with Gasteiger partial charge in [0.1, 0.15) is 0 Å². The maximum Gasteiger partial charge on any atom is 0.0447 e. The average molecular weight is 224 g/mol. The maximum atomic E-state index is 3.35. The first kappa shape index (κ1) is 11.7. The van der Waals surface area contributed by atoms with Crippen LogP contribution in [0.4, 0.5) is 5.69 Å². The van der Waals surface area contributed by atoms with Crippen LogP contribution in [0, 0.1) is 19.9 Å². The highest BCUT2D eigenvalue weighted by atomic mass is 15.1. The first-order valence-corrected chi connectivity index (χ1v) is 5.84. The van der Waals surface area contributed by atoms with E-state index in [9.17, 15) is 0 Å². The molecule has 17 heavy (non-hydrogen) atoms. The van der Waals surface area contributed by atoms with E-state index in [0.29, 0.717) is 0 Å². The molecule has 0 fully saturated rings. The molecule has 0 spiro atoms. The van der Waals surface area contributed by atoms with Crippen molar-refractivity contribution in [2.24, 2.45) is 0 Å². The Balaban J connectivity index is 2.60. The predicted octanol–water partition coefficient (Wildman–Crippen LogP) is 3.84. The number of hydrogen-bond donors (Lipinski definition) is 0. The largest absolute Gasteiger partial charge is 0.377 e. The van der Waals surface area contributed by atoms with Gasteiger partial charge >= 0.3 is 0 Å². The van der Waals surface area contributed by atoms with Crippen molar-refractivity contribution in [2.75, 3.05) is 19.0 Å². The van der Waals surface area contributed by atoms with Gasteiger partial charge < -0.3 is 4.90 Å². The minimum Gasteiger partial charge on any atom is -0.377 e. The van der Waals surface area contributed by atoms with Gasteiger partial charge in [-0.15, -0.1) is 0 Å². The van der Waals surface area contributed by atoms with Crippen LogP contribution in [0.5, 0.6) is 0 Å². The standard InChI is InChI=1S/C16H18N/c1-12-9-13(2)11-14(10-12)15-7-5-6-8-16(15)17(3)4/h5-6,8-11H,1-4H3. The van der Waals surface area contributed by atoms with Crippen LogP contribution >= 0.6 is 0 Å². The van der Waals surface area contributed by atoms with Crippen LogP contribution in [0.15, 0.2) is 36.4 Å². The van der Waals surface area contributed by atoms with Crippen molar-refractivity contribution in [3.63, 3.8) is 0 Å². The zero-order valence-electron chi connectivity index (χ0n) is 10.9. The molecule has 0 unspecified atom stereocenters. The van der Waals surface area contributed by atoms with Crippen molar-refractivity contribution >= 4 is 5.69 Å². The van der Waals surface area contributed by atoms with Crippen LogP contribution in [0.3, 0.4) is 0 Å². The lowest BCUT2D eigenvalue weighted by molar-refractivity contribution is 1.13. The van der Waals surface area contributed by atoms with Crippen molar-refractivity contribution in [3.8, 4) is 11.1 Å². The Hall–Kier alpha value is -1.76. The fourth-order valence-corrected chi connectivity index (χ4v) is 2.15.